The Morgan fingerprint density at radius 2 is 2.13 bits per heavy atom. The van der Waals surface area contributed by atoms with Crippen LogP contribution in [-0.4, -0.2) is 6.54 Å². The van der Waals surface area contributed by atoms with Crippen LogP contribution in [0.25, 0.3) is 0 Å². The minimum absolute atomic E-state index is 0.622. The zero-order valence-electron chi connectivity index (χ0n) is 9.38. The summed E-state index contributed by atoms with van der Waals surface area (Å²) in [6, 6.07) is 8.21. The standard InChI is InChI=1S/C13H20ClN/c1-2-5-11(7-4-9-15)12-6-3-8-13(14)10-12/h3,6,8,10-11H,2,4-5,7,9,15H2,1H3. The van der Waals surface area contributed by atoms with Crippen LogP contribution in [0.4, 0.5) is 0 Å². The highest BCUT2D eigenvalue weighted by Crippen LogP contribution is 2.27. The van der Waals surface area contributed by atoms with Gasteiger partial charge in [-0.25, -0.2) is 0 Å². The third kappa shape index (κ3) is 4.23. The summed E-state index contributed by atoms with van der Waals surface area (Å²) < 4.78 is 0. The van der Waals surface area contributed by atoms with Crippen LogP contribution in [0, 0.1) is 0 Å². The Bertz CT molecular complexity index is 286. The first kappa shape index (κ1) is 12.5. The second kappa shape index (κ2) is 6.86. The molecule has 15 heavy (non-hydrogen) atoms. The average Bonchev–Trinajstić information content (AvgIpc) is 2.24. The molecule has 0 heterocycles. The van der Waals surface area contributed by atoms with Gasteiger partial charge in [0, 0.05) is 5.02 Å². The van der Waals surface area contributed by atoms with Crippen LogP contribution in [0.1, 0.15) is 44.1 Å². The average molecular weight is 226 g/mol. The third-order valence-electron chi connectivity index (χ3n) is 2.71. The van der Waals surface area contributed by atoms with Gasteiger partial charge < -0.3 is 5.73 Å². The predicted molar refractivity (Wildman–Crippen MR) is 67.4 cm³/mol. The van der Waals surface area contributed by atoms with Gasteiger partial charge in [0.1, 0.15) is 0 Å². The summed E-state index contributed by atoms with van der Waals surface area (Å²) >= 11 is 6.00. The van der Waals surface area contributed by atoms with Gasteiger partial charge in [-0.05, 0) is 49.4 Å². The molecule has 84 valence electrons. The molecule has 0 amide bonds. The van der Waals surface area contributed by atoms with E-state index in [0.717, 1.165) is 18.0 Å². The van der Waals surface area contributed by atoms with Crippen LogP contribution in [0.3, 0.4) is 0 Å². The van der Waals surface area contributed by atoms with E-state index in [-0.39, 0.29) is 0 Å². The number of nitrogens with two attached hydrogens (primary N) is 1. The Morgan fingerprint density at radius 1 is 1.33 bits per heavy atom. The minimum Gasteiger partial charge on any atom is -0.330 e. The van der Waals surface area contributed by atoms with Crippen molar-refractivity contribution >= 4 is 11.6 Å². The van der Waals surface area contributed by atoms with Crippen molar-refractivity contribution in [3.63, 3.8) is 0 Å². The molecule has 0 spiro atoms. The second-order valence-corrected chi connectivity index (χ2v) is 4.41. The first-order chi connectivity index (χ1) is 7.27. The van der Waals surface area contributed by atoms with E-state index in [4.69, 9.17) is 17.3 Å². The summed E-state index contributed by atoms with van der Waals surface area (Å²) in [6.07, 6.45) is 4.70. The van der Waals surface area contributed by atoms with Gasteiger partial charge in [-0.15, -0.1) is 0 Å². The summed E-state index contributed by atoms with van der Waals surface area (Å²) in [7, 11) is 0. The molecule has 1 rings (SSSR count). The fraction of sp³-hybridized carbons (Fsp3) is 0.538. The van der Waals surface area contributed by atoms with E-state index >= 15 is 0 Å². The molecule has 1 aromatic rings. The Kier molecular flexibility index (Phi) is 5.74. The van der Waals surface area contributed by atoms with Crippen LogP contribution < -0.4 is 5.73 Å². The molecular formula is C13H20ClN. The van der Waals surface area contributed by atoms with E-state index in [9.17, 15) is 0 Å². The molecule has 0 aliphatic carbocycles. The lowest BCUT2D eigenvalue weighted by atomic mass is 9.90. The van der Waals surface area contributed by atoms with Crippen molar-refractivity contribution in [3.05, 3.63) is 34.9 Å². The van der Waals surface area contributed by atoms with Crippen molar-refractivity contribution in [1.82, 2.24) is 0 Å². The molecule has 0 fully saturated rings. The van der Waals surface area contributed by atoms with E-state index in [1.54, 1.807) is 0 Å². The van der Waals surface area contributed by atoms with Crippen LogP contribution in [0.2, 0.25) is 5.02 Å². The number of benzene rings is 1. The monoisotopic (exact) mass is 225 g/mol. The normalized spacial score (nSPS) is 12.7. The Hall–Kier alpha value is -0.530. The predicted octanol–water partition coefficient (Wildman–Crippen LogP) is 3.96. The van der Waals surface area contributed by atoms with Crippen LogP contribution in [0.15, 0.2) is 24.3 Å². The summed E-state index contributed by atoms with van der Waals surface area (Å²) in [4.78, 5) is 0. The quantitative estimate of drug-likeness (QED) is 0.779. The zero-order valence-corrected chi connectivity index (χ0v) is 10.1. The maximum Gasteiger partial charge on any atom is 0.0408 e. The Labute approximate surface area is 97.6 Å². The van der Waals surface area contributed by atoms with Crippen molar-refractivity contribution in [2.45, 2.75) is 38.5 Å². The fourth-order valence-electron chi connectivity index (χ4n) is 1.95. The van der Waals surface area contributed by atoms with E-state index in [2.05, 4.69) is 19.1 Å². The summed E-state index contributed by atoms with van der Waals surface area (Å²) in [5, 5.41) is 0.835. The maximum atomic E-state index is 6.00. The molecule has 2 N–H and O–H groups in total. The number of halogens is 1. The topological polar surface area (TPSA) is 26.0 Å². The van der Waals surface area contributed by atoms with E-state index in [0.29, 0.717) is 5.92 Å². The van der Waals surface area contributed by atoms with E-state index in [1.807, 2.05) is 12.1 Å². The molecule has 0 aliphatic rings. The number of hydrogen-bond acceptors (Lipinski definition) is 1. The zero-order chi connectivity index (χ0) is 11.1. The fourth-order valence-corrected chi connectivity index (χ4v) is 2.15. The van der Waals surface area contributed by atoms with Crippen molar-refractivity contribution in [2.75, 3.05) is 6.54 Å². The summed E-state index contributed by atoms with van der Waals surface area (Å²) in [5.41, 5.74) is 6.91. The number of rotatable bonds is 6. The highest BCUT2D eigenvalue weighted by molar-refractivity contribution is 6.30. The number of hydrogen-bond donors (Lipinski definition) is 1. The van der Waals surface area contributed by atoms with Gasteiger partial charge in [-0.3, -0.25) is 0 Å². The Morgan fingerprint density at radius 3 is 2.73 bits per heavy atom. The molecule has 0 aromatic heterocycles. The smallest absolute Gasteiger partial charge is 0.0408 e. The molecule has 0 bridgehead atoms. The molecule has 0 saturated carbocycles. The van der Waals surface area contributed by atoms with Crippen LogP contribution in [0.5, 0.6) is 0 Å². The summed E-state index contributed by atoms with van der Waals surface area (Å²) in [6.45, 7) is 3.00. The van der Waals surface area contributed by atoms with Gasteiger partial charge in [0.25, 0.3) is 0 Å². The van der Waals surface area contributed by atoms with Gasteiger partial charge in [0.2, 0.25) is 0 Å². The van der Waals surface area contributed by atoms with Gasteiger partial charge >= 0.3 is 0 Å². The largest absolute Gasteiger partial charge is 0.330 e. The van der Waals surface area contributed by atoms with Crippen molar-refractivity contribution in [1.29, 1.82) is 0 Å². The van der Waals surface area contributed by atoms with Crippen molar-refractivity contribution in [2.24, 2.45) is 5.73 Å². The van der Waals surface area contributed by atoms with E-state index in [1.165, 1.54) is 24.8 Å². The molecule has 1 atom stereocenters. The van der Waals surface area contributed by atoms with E-state index < -0.39 is 0 Å². The third-order valence-corrected chi connectivity index (χ3v) is 2.95. The van der Waals surface area contributed by atoms with Crippen molar-refractivity contribution < 1.29 is 0 Å². The lowest BCUT2D eigenvalue weighted by Gasteiger charge is -2.16. The lowest BCUT2D eigenvalue weighted by molar-refractivity contribution is 0.550. The molecular weight excluding hydrogens is 206 g/mol. The molecule has 0 saturated heterocycles. The first-order valence-corrected chi connectivity index (χ1v) is 6.11. The second-order valence-electron chi connectivity index (χ2n) is 3.97. The molecule has 1 unspecified atom stereocenters. The van der Waals surface area contributed by atoms with Crippen molar-refractivity contribution in [3.8, 4) is 0 Å². The molecule has 1 aromatic carbocycles. The molecule has 2 heteroatoms. The molecule has 1 nitrogen and oxygen atoms in total. The maximum absolute atomic E-state index is 6.00. The highest BCUT2D eigenvalue weighted by atomic mass is 35.5. The lowest BCUT2D eigenvalue weighted by Crippen LogP contribution is -2.04. The minimum atomic E-state index is 0.622. The summed E-state index contributed by atoms with van der Waals surface area (Å²) in [5.74, 6) is 0.622. The van der Waals surface area contributed by atoms with Gasteiger partial charge in [-0.1, -0.05) is 37.1 Å². The van der Waals surface area contributed by atoms with Gasteiger partial charge in [0.15, 0.2) is 0 Å². The highest BCUT2D eigenvalue weighted by Gasteiger charge is 2.10. The Balaban J connectivity index is 2.69. The SMILES string of the molecule is CCCC(CCCN)c1cccc(Cl)c1. The molecule has 0 aliphatic heterocycles. The molecule has 0 radical (unpaired) electrons. The van der Waals surface area contributed by atoms with Gasteiger partial charge in [0.05, 0.1) is 0 Å². The van der Waals surface area contributed by atoms with Crippen LogP contribution in [-0.2, 0) is 0 Å². The van der Waals surface area contributed by atoms with Gasteiger partial charge in [-0.2, -0.15) is 0 Å². The first-order valence-electron chi connectivity index (χ1n) is 5.73. The van der Waals surface area contributed by atoms with Crippen LogP contribution >= 0.6 is 11.6 Å².